The van der Waals surface area contributed by atoms with Gasteiger partial charge in [0.2, 0.25) is 5.91 Å². The van der Waals surface area contributed by atoms with Crippen molar-refractivity contribution >= 4 is 5.91 Å². The number of carbonyl (C=O) groups is 1. The molecule has 3 atom stereocenters. The Hall–Kier alpha value is -0.570. The van der Waals surface area contributed by atoms with E-state index in [1.807, 2.05) is 0 Å². The Morgan fingerprint density at radius 1 is 1.14 bits per heavy atom. The van der Waals surface area contributed by atoms with Crippen LogP contribution in [-0.2, 0) is 4.79 Å². The monoisotopic (exact) mass is 294 g/mol. The van der Waals surface area contributed by atoms with E-state index in [4.69, 9.17) is 0 Å². The largest absolute Gasteiger partial charge is 0.325 e. The van der Waals surface area contributed by atoms with Crippen molar-refractivity contribution in [3.8, 4) is 0 Å². The molecular weight excluding hydrogens is 260 g/mol. The normalized spacial score (nSPS) is 28.8. The summed E-state index contributed by atoms with van der Waals surface area (Å²) in [5.41, 5.74) is 0. The molecule has 3 unspecified atom stereocenters. The first-order valence-electron chi connectivity index (χ1n) is 9.18. The van der Waals surface area contributed by atoms with Gasteiger partial charge in [-0.25, -0.2) is 0 Å². The van der Waals surface area contributed by atoms with Crippen LogP contribution in [0.5, 0.6) is 0 Å². The van der Waals surface area contributed by atoms with Crippen molar-refractivity contribution in [3.63, 3.8) is 0 Å². The summed E-state index contributed by atoms with van der Waals surface area (Å²) < 4.78 is 0. The van der Waals surface area contributed by atoms with E-state index in [1.165, 1.54) is 38.5 Å². The average molecular weight is 294 g/mol. The van der Waals surface area contributed by atoms with Gasteiger partial charge in [-0.15, -0.1) is 0 Å². The fraction of sp³-hybridized carbons (Fsp3) is 0.944. The molecule has 1 amide bonds. The number of nitrogens with zero attached hydrogens (tertiary/aromatic N) is 1. The first-order valence-corrected chi connectivity index (χ1v) is 9.18. The van der Waals surface area contributed by atoms with Crippen molar-refractivity contribution in [2.24, 2.45) is 17.8 Å². The molecule has 0 aromatic rings. The lowest BCUT2D eigenvalue weighted by Crippen LogP contribution is -2.44. The molecule has 1 aliphatic carbocycles. The van der Waals surface area contributed by atoms with E-state index in [2.05, 4.69) is 37.9 Å². The quantitative estimate of drug-likeness (QED) is 0.775. The van der Waals surface area contributed by atoms with Crippen LogP contribution < -0.4 is 5.32 Å². The van der Waals surface area contributed by atoms with E-state index in [9.17, 15) is 4.79 Å². The third-order valence-corrected chi connectivity index (χ3v) is 5.90. The van der Waals surface area contributed by atoms with E-state index in [0.29, 0.717) is 29.8 Å². The predicted molar refractivity (Wildman–Crippen MR) is 87.9 cm³/mol. The van der Waals surface area contributed by atoms with Crippen molar-refractivity contribution in [3.05, 3.63) is 0 Å². The van der Waals surface area contributed by atoms with Gasteiger partial charge in [0, 0.05) is 6.54 Å². The van der Waals surface area contributed by atoms with Gasteiger partial charge in [-0.2, -0.15) is 0 Å². The predicted octanol–water partition coefficient (Wildman–Crippen LogP) is 3.79. The summed E-state index contributed by atoms with van der Waals surface area (Å²) in [6, 6.07) is 0.0509. The van der Waals surface area contributed by atoms with Gasteiger partial charge in [-0.3, -0.25) is 10.1 Å². The fourth-order valence-corrected chi connectivity index (χ4v) is 4.00. The molecule has 0 aromatic carbocycles. The van der Waals surface area contributed by atoms with Crippen molar-refractivity contribution in [1.29, 1.82) is 0 Å². The highest BCUT2D eigenvalue weighted by Gasteiger charge is 2.44. The zero-order valence-electron chi connectivity index (χ0n) is 14.4. The lowest BCUT2D eigenvalue weighted by molar-refractivity contribution is -0.132. The Morgan fingerprint density at radius 3 is 2.29 bits per heavy atom. The molecule has 0 radical (unpaired) electrons. The highest BCUT2D eigenvalue weighted by molar-refractivity contribution is 5.84. The molecule has 1 aliphatic heterocycles. The molecule has 3 heteroatoms. The van der Waals surface area contributed by atoms with E-state index in [-0.39, 0.29) is 6.04 Å². The van der Waals surface area contributed by atoms with E-state index in [0.717, 1.165) is 13.0 Å². The highest BCUT2D eigenvalue weighted by Crippen LogP contribution is 2.34. The Bertz CT molecular complexity index is 334. The molecule has 1 heterocycles. The maximum absolute atomic E-state index is 12.9. The molecule has 1 saturated carbocycles. The standard InChI is InChI=1S/C18H34N2O/c1-5-13(4)16-18(21)20(12-14(6-2)7-3)17(19-16)15-10-8-9-11-15/h13-17,19H,5-12H2,1-4H3. The van der Waals surface area contributed by atoms with Crippen molar-refractivity contribution in [1.82, 2.24) is 10.2 Å². The Morgan fingerprint density at radius 2 is 1.76 bits per heavy atom. The average Bonchev–Trinajstić information content (AvgIpc) is 3.12. The molecule has 2 fully saturated rings. The number of carbonyl (C=O) groups excluding carboxylic acids is 1. The number of hydrogen-bond donors (Lipinski definition) is 1. The molecule has 0 spiro atoms. The van der Waals surface area contributed by atoms with Crippen LogP contribution in [-0.4, -0.2) is 29.6 Å². The minimum Gasteiger partial charge on any atom is -0.325 e. The van der Waals surface area contributed by atoms with Gasteiger partial charge < -0.3 is 4.90 Å². The SMILES string of the molecule is CCC(CC)CN1C(=O)C(C(C)CC)NC1C1CCCC1. The van der Waals surface area contributed by atoms with E-state index >= 15 is 0 Å². The third-order valence-electron chi connectivity index (χ3n) is 5.90. The van der Waals surface area contributed by atoms with Crippen molar-refractivity contribution < 1.29 is 4.79 Å². The molecular formula is C18H34N2O. The number of hydrogen-bond acceptors (Lipinski definition) is 2. The molecule has 21 heavy (non-hydrogen) atoms. The van der Waals surface area contributed by atoms with Crippen molar-refractivity contribution in [2.45, 2.75) is 84.8 Å². The van der Waals surface area contributed by atoms with Crippen LogP contribution in [0.25, 0.3) is 0 Å². The van der Waals surface area contributed by atoms with Crippen molar-refractivity contribution in [2.75, 3.05) is 6.54 Å². The van der Waals surface area contributed by atoms with Crippen LogP contribution in [0.4, 0.5) is 0 Å². The van der Waals surface area contributed by atoms with Crippen LogP contribution in [0.2, 0.25) is 0 Å². The van der Waals surface area contributed by atoms with Crippen LogP contribution in [0, 0.1) is 17.8 Å². The first-order chi connectivity index (χ1) is 10.1. The molecule has 2 rings (SSSR count). The molecule has 1 N–H and O–H groups in total. The van der Waals surface area contributed by atoms with Gasteiger partial charge in [-0.1, -0.05) is 59.8 Å². The second-order valence-corrected chi connectivity index (χ2v) is 7.19. The first kappa shape index (κ1) is 16.8. The smallest absolute Gasteiger partial charge is 0.241 e. The summed E-state index contributed by atoms with van der Waals surface area (Å²) in [4.78, 5) is 15.1. The molecule has 2 aliphatic rings. The van der Waals surface area contributed by atoms with Crippen LogP contribution in [0.3, 0.4) is 0 Å². The molecule has 1 saturated heterocycles. The minimum atomic E-state index is 0.0509. The van der Waals surface area contributed by atoms with Gasteiger partial charge in [0.25, 0.3) is 0 Å². The molecule has 0 bridgehead atoms. The summed E-state index contributed by atoms with van der Waals surface area (Å²) in [5, 5.41) is 3.71. The summed E-state index contributed by atoms with van der Waals surface area (Å²) in [6.45, 7) is 9.85. The minimum absolute atomic E-state index is 0.0509. The maximum Gasteiger partial charge on any atom is 0.241 e. The Labute approximate surface area is 130 Å². The molecule has 0 aromatic heterocycles. The third kappa shape index (κ3) is 3.61. The summed E-state index contributed by atoms with van der Waals surface area (Å²) in [7, 11) is 0. The summed E-state index contributed by atoms with van der Waals surface area (Å²) in [6.07, 6.45) is 8.97. The van der Waals surface area contributed by atoms with Gasteiger partial charge in [0.05, 0.1) is 12.2 Å². The van der Waals surface area contributed by atoms with E-state index < -0.39 is 0 Å². The topological polar surface area (TPSA) is 32.3 Å². The fourth-order valence-electron chi connectivity index (χ4n) is 4.00. The molecule has 122 valence electrons. The van der Waals surface area contributed by atoms with Gasteiger partial charge >= 0.3 is 0 Å². The Kier molecular flexibility index (Phi) is 6.09. The van der Waals surface area contributed by atoms with Crippen LogP contribution >= 0.6 is 0 Å². The number of nitrogens with one attached hydrogen (secondary N) is 1. The van der Waals surface area contributed by atoms with E-state index in [1.54, 1.807) is 0 Å². The molecule has 3 nitrogen and oxygen atoms in total. The van der Waals surface area contributed by atoms with Crippen LogP contribution in [0.1, 0.15) is 72.6 Å². The summed E-state index contributed by atoms with van der Waals surface area (Å²) in [5.74, 6) is 2.13. The second kappa shape index (κ2) is 7.62. The lowest BCUT2D eigenvalue weighted by Gasteiger charge is -2.31. The van der Waals surface area contributed by atoms with Gasteiger partial charge in [0.15, 0.2) is 0 Å². The number of rotatable bonds is 7. The second-order valence-electron chi connectivity index (χ2n) is 7.19. The zero-order valence-corrected chi connectivity index (χ0v) is 14.4. The highest BCUT2D eigenvalue weighted by atomic mass is 16.2. The Balaban J connectivity index is 2.12. The number of amides is 1. The van der Waals surface area contributed by atoms with Crippen LogP contribution in [0.15, 0.2) is 0 Å². The lowest BCUT2D eigenvalue weighted by atomic mass is 9.98. The van der Waals surface area contributed by atoms with Gasteiger partial charge in [-0.05, 0) is 30.6 Å². The van der Waals surface area contributed by atoms with Gasteiger partial charge in [0.1, 0.15) is 0 Å². The zero-order chi connectivity index (χ0) is 15.4. The summed E-state index contributed by atoms with van der Waals surface area (Å²) >= 11 is 0. The maximum atomic E-state index is 12.9.